The van der Waals surface area contributed by atoms with Gasteiger partial charge in [0, 0.05) is 6.07 Å². The van der Waals surface area contributed by atoms with Crippen molar-refractivity contribution in [2.24, 2.45) is 0 Å². The van der Waals surface area contributed by atoms with Crippen molar-refractivity contribution in [3.8, 4) is 11.5 Å². The van der Waals surface area contributed by atoms with Crippen molar-refractivity contribution in [2.75, 3.05) is 19.5 Å². The number of H-pyrrole nitrogens is 1. The van der Waals surface area contributed by atoms with Crippen molar-refractivity contribution in [3.63, 3.8) is 0 Å². The minimum Gasteiger partial charge on any atom is -0.497 e. The second-order valence-electron chi connectivity index (χ2n) is 7.78. The standard InChI is InChI=1S/C23H19F3N4O6/c1-35-13-8-9-14(15(10-13)36-2)18(31)29-22(23(24,25)26)16-17(27-20(22)33)30(21(34)28-19(16)32)11-12-6-4-3-5-7-12/h3-10H,11H2,1-2H3,(H,27,33)(H,29,31)(H,28,32,34)/t22-/m1/s1. The van der Waals surface area contributed by atoms with E-state index in [1.165, 1.54) is 26.4 Å². The predicted molar refractivity (Wildman–Crippen MR) is 120 cm³/mol. The Bertz CT molecular complexity index is 1470. The van der Waals surface area contributed by atoms with Crippen LogP contribution in [0, 0.1) is 0 Å². The molecule has 36 heavy (non-hydrogen) atoms. The fourth-order valence-corrected chi connectivity index (χ4v) is 3.97. The zero-order valence-electron chi connectivity index (χ0n) is 18.9. The second-order valence-corrected chi connectivity index (χ2v) is 7.78. The molecular weight excluding hydrogens is 485 g/mol. The van der Waals surface area contributed by atoms with Crippen LogP contribution >= 0.6 is 0 Å². The molecule has 2 heterocycles. The lowest BCUT2D eigenvalue weighted by Crippen LogP contribution is -2.62. The number of rotatable bonds is 6. The van der Waals surface area contributed by atoms with Gasteiger partial charge in [-0.05, 0) is 17.7 Å². The van der Waals surface area contributed by atoms with Crippen LogP contribution in [-0.2, 0) is 16.9 Å². The Kier molecular flexibility index (Phi) is 6.08. The molecular formula is C23H19F3N4O6. The van der Waals surface area contributed by atoms with Gasteiger partial charge < -0.3 is 20.1 Å². The van der Waals surface area contributed by atoms with Gasteiger partial charge in [-0.15, -0.1) is 0 Å². The first kappa shape index (κ1) is 24.6. The minimum absolute atomic E-state index is 0.134. The number of aromatic amines is 1. The minimum atomic E-state index is -5.47. The van der Waals surface area contributed by atoms with E-state index in [0.29, 0.717) is 5.56 Å². The lowest BCUT2D eigenvalue weighted by atomic mass is 9.91. The molecule has 188 valence electrons. The summed E-state index contributed by atoms with van der Waals surface area (Å²) in [7, 11) is 2.53. The summed E-state index contributed by atoms with van der Waals surface area (Å²) in [6.45, 7) is -0.257. The summed E-state index contributed by atoms with van der Waals surface area (Å²) >= 11 is 0. The van der Waals surface area contributed by atoms with Gasteiger partial charge in [0.2, 0.25) is 0 Å². The van der Waals surface area contributed by atoms with Crippen LogP contribution in [0.4, 0.5) is 19.0 Å². The number of aromatic nitrogens is 2. The number of anilines is 1. The van der Waals surface area contributed by atoms with Crippen LogP contribution in [0.15, 0.2) is 58.1 Å². The third kappa shape index (κ3) is 3.87. The molecule has 4 rings (SSSR count). The first-order valence-corrected chi connectivity index (χ1v) is 10.4. The third-order valence-electron chi connectivity index (χ3n) is 5.71. The number of carbonyl (C=O) groups excluding carboxylic acids is 2. The number of halogens is 3. The normalized spacial score (nSPS) is 16.8. The number of methoxy groups -OCH3 is 2. The summed E-state index contributed by atoms with van der Waals surface area (Å²) in [5.41, 5.74) is -7.29. The van der Waals surface area contributed by atoms with Gasteiger partial charge in [0.25, 0.3) is 22.9 Å². The van der Waals surface area contributed by atoms with E-state index in [1.807, 2.05) is 10.3 Å². The molecule has 0 aliphatic carbocycles. The van der Waals surface area contributed by atoms with Crippen LogP contribution in [0.5, 0.6) is 11.5 Å². The number of alkyl halides is 3. The topological polar surface area (TPSA) is 132 Å². The molecule has 3 N–H and O–H groups in total. The fourth-order valence-electron chi connectivity index (χ4n) is 3.97. The molecule has 2 amide bonds. The van der Waals surface area contributed by atoms with Gasteiger partial charge in [-0.1, -0.05) is 30.3 Å². The van der Waals surface area contributed by atoms with Gasteiger partial charge in [0.15, 0.2) is 0 Å². The average molecular weight is 504 g/mol. The van der Waals surface area contributed by atoms with E-state index in [-0.39, 0.29) is 23.6 Å². The number of nitrogens with zero attached hydrogens (tertiary/aromatic N) is 1. The van der Waals surface area contributed by atoms with Crippen molar-refractivity contribution >= 4 is 17.6 Å². The highest BCUT2D eigenvalue weighted by Gasteiger charge is 2.68. The van der Waals surface area contributed by atoms with E-state index in [2.05, 4.69) is 0 Å². The molecule has 0 radical (unpaired) electrons. The summed E-state index contributed by atoms with van der Waals surface area (Å²) in [4.78, 5) is 53.0. The Morgan fingerprint density at radius 3 is 2.36 bits per heavy atom. The zero-order chi connectivity index (χ0) is 26.3. The second kappa shape index (κ2) is 8.91. The molecule has 1 aromatic heterocycles. The average Bonchev–Trinajstić information content (AvgIpc) is 3.15. The Hall–Kier alpha value is -4.55. The Morgan fingerprint density at radius 1 is 1.06 bits per heavy atom. The number of benzene rings is 2. The highest BCUT2D eigenvalue weighted by Crippen LogP contribution is 2.45. The summed E-state index contributed by atoms with van der Waals surface area (Å²) < 4.78 is 54.7. The van der Waals surface area contributed by atoms with Crippen LogP contribution in [-0.4, -0.2) is 41.8 Å². The van der Waals surface area contributed by atoms with Crippen molar-refractivity contribution in [1.29, 1.82) is 0 Å². The molecule has 2 aromatic carbocycles. The molecule has 0 unspecified atom stereocenters. The molecule has 0 bridgehead atoms. The number of hydrogen-bond donors (Lipinski definition) is 3. The van der Waals surface area contributed by atoms with Gasteiger partial charge in [-0.25, -0.2) is 4.79 Å². The SMILES string of the molecule is COc1ccc(C(=O)N[C@@]2(C(F)(F)F)C(=O)Nc3c2c(=O)[nH]c(=O)n3Cc2ccccc2)c(OC)c1. The molecule has 1 aliphatic heterocycles. The van der Waals surface area contributed by atoms with Gasteiger partial charge in [-0.3, -0.25) is 23.9 Å². The Morgan fingerprint density at radius 2 is 1.75 bits per heavy atom. The number of ether oxygens (including phenoxy) is 2. The molecule has 10 nitrogen and oxygen atoms in total. The van der Waals surface area contributed by atoms with Crippen LogP contribution in [0.1, 0.15) is 21.5 Å². The highest BCUT2D eigenvalue weighted by molar-refractivity contribution is 6.09. The first-order chi connectivity index (χ1) is 17.0. The third-order valence-corrected chi connectivity index (χ3v) is 5.71. The maximum absolute atomic E-state index is 14.6. The summed E-state index contributed by atoms with van der Waals surface area (Å²) in [5, 5.41) is 3.67. The highest BCUT2D eigenvalue weighted by atomic mass is 19.4. The van der Waals surface area contributed by atoms with Crippen LogP contribution in [0.3, 0.4) is 0 Å². The van der Waals surface area contributed by atoms with Gasteiger partial charge in [0.1, 0.15) is 22.9 Å². The van der Waals surface area contributed by atoms with Crippen LogP contribution < -0.4 is 31.4 Å². The van der Waals surface area contributed by atoms with E-state index in [1.54, 1.807) is 35.6 Å². The molecule has 3 aromatic rings. The van der Waals surface area contributed by atoms with Crippen molar-refractivity contribution < 1.29 is 32.2 Å². The monoisotopic (exact) mass is 504 g/mol. The number of carbonyl (C=O) groups is 2. The lowest BCUT2D eigenvalue weighted by Gasteiger charge is -2.30. The van der Waals surface area contributed by atoms with Crippen LogP contribution in [0.2, 0.25) is 0 Å². The van der Waals surface area contributed by atoms with E-state index in [0.717, 1.165) is 10.6 Å². The molecule has 0 spiro atoms. The molecule has 1 atom stereocenters. The maximum atomic E-state index is 14.6. The summed E-state index contributed by atoms with van der Waals surface area (Å²) in [6, 6.07) is 11.9. The van der Waals surface area contributed by atoms with Gasteiger partial charge in [-0.2, -0.15) is 13.2 Å². The zero-order valence-corrected chi connectivity index (χ0v) is 18.9. The number of fused-ring (bicyclic) bond motifs is 1. The van der Waals surface area contributed by atoms with E-state index >= 15 is 0 Å². The molecule has 0 saturated heterocycles. The van der Waals surface area contributed by atoms with E-state index in [9.17, 15) is 32.3 Å². The molecule has 0 fully saturated rings. The van der Waals surface area contributed by atoms with Gasteiger partial charge in [0.05, 0.1) is 26.3 Å². The van der Waals surface area contributed by atoms with Gasteiger partial charge >= 0.3 is 11.9 Å². The number of nitrogens with one attached hydrogen (secondary N) is 3. The summed E-state index contributed by atoms with van der Waals surface area (Å²) in [5.74, 6) is -3.64. The Labute approximate surface area is 200 Å². The van der Waals surface area contributed by atoms with E-state index in [4.69, 9.17) is 9.47 Å². The fraction of sp³-hybridized carbons (Fsp3) is 0.217. The van der Waals surface area contributed by atoms with E-state index < -0.39 is 46.2 Å². The molecule has 13 heteroatoms. The largest absolute Gasteiger partial charge is 0.497 e. The first-order valence-electron chi connectivity index (χ1n) is 10.4. The number of amides is 2. The maximum Gasteiger partial charge on any atom is 0.425 e. The van der Waals surface area contributed by atoms with Crippen molar-refractivity contribution in [2.45, 2.75) is 18.3 Å². The van der Waals surface area contributed by atoms with Crippen LogP contribution in [0.25, 0.3) is 0 Å². The lowest BCUT2D eigenvalue weighted by molar-refractivity contribution is -0.196. The predicted octanol–water partition coefficient (Wildman–Crippen LogP) is 1.74. The quantitative estimate of drug-likeness (QED) is 0.469. The Balaban J connectivity index is 1.89. The molecule has 1 aliphatic rings. The van der Waals surface area contributed by atoms with Crippen molar-refractivity contribution in [3.05, 3.63) is 86.1 Å². The summed E-state index contributed by atoms with van der Waals surface area (Å²) in [6.07, 6.45) is -5.47. The van der Waals surface area contributed by atoms with Crippen molar-refractivity contribution in [1.82, 2.24) is 14.9 Å². The molecule has 0 saturated carbocycles. The number of hydrogen-bond acceptors (Lipinski definition) is 6. The smallest absolute Gasteiger partial charge is 0.425 e.